The van der Waals surface area contributed by atoms with Crippen molar-refractivity contribution in [3.63, 3.8) is 0 Å². The number of hydrogen-bond acceptors (Lipinski definition) is 4. The molecule has 2 aliphatic heterocycles. The number of aromatic nitrogens is 1. The van der Waals surface area contributed by atoms with Crippen LogP contribution in [0.4, 0.5) is 0 Å². The number of rotatable bonds is 5. The third kappa shape index (κ3) is 4.70. The summed E-state index contributed by atoms with van der Waals surface area (Å²) in [5.41, 5.74) is 2.82. The Bertz CT molecular complexity index is 585. The highest BCUT2D eigenvalue weighted by Gasteiger charge is 2.27. The molecule has 0 amide bonds. The predicted molar refractivity (Wildman–Crippen MR) is 106 cm³/mol. The lowest BCUT2D eigenvalue weighted by Gasteiger charge is -2.42. The Morgan fingerprint density at radius 1 is 0.692 bits per heavy atom. The summed E-state index contributed by atoms with van der Waals surface area (Å²) in [5, 5.41) is 0. The molecule has 2 aromatic rings. The van der Waals surface area contributed by atoms with E-state index in [0.29, 0.717) is 0 Å². The van der Waals surface area contributed by atoms with Crippen LogP contribution >= 0.6 is 0 Å². The number of piperazine rings is 1. The molecule has 0 N–H and O–H groups in total. The first-order valence-electron chi connectivity index (χ1n) is 9.98. The van der Waals surface area contributed by atoms with Gasteiger partial charge < -0.3 is 0 Å². The highest BCUT2D eigenvalue weighted by atomic mass is 15.3. The lowest BCUT2D eigenvalue weighted by atomic mass is 10.0. The maximum atomic E-state index is 4.11. The van der Waals surface area contributed by atoms with Crippen LogP contribution in [0.1, 0.15) is 24.0 Å². The molecule has 0 spiro atoms. The first-order valence-corrected chi connectivity index (χ1v) is 9.98. The Morgan fingerprint density at radius 3 is 1.92 bits per heavy atom. The van der Waals surface area contributed by atoms with Crippen LogP contribution in [0.15, 0.2) is 54.9 Å². The normalized spacial score (nSPS) is 21.1. The number of piperidine rings is 1. The molecule has 4 heteroatoms. The quantitative estimate of drug-likeness (QED) is 0.827. The van der Waals surface area contributed by atoms with Crippen LogP contribution in [-0.4, -0.2) is 65.0 Å². The van der Waals surface area contributed by atoms with Crippen LogP contribution in [-0.2, 0) is 13.1 Å². The third-order valence-electron chi connectivity index (χ3n) is 5.88. The maximum absolute atomic E-state index is 4.11. The summed E-state index contributed by atoms with van der Waals surface area (Å²) in [7, 11) is 0. The SMILES string of the molecule is c1ccc(CN2CCN(C3CCN(Cc4ccncc4)CC3)CC2)cc1. The van der Waals surface area contributed by atoms with Gasteiger partial charge in [-0.25, -0.2) is 0 Å². The monoisotopic (exact) mass is 350 g/mol. The first-order chi connectivity index (χ1) is 12.9. The van der Waals surface area contributed by atoms with Crippen molar-refractivity contribution in [1.82, 2.24) is 19.7 Å². The summed E-state index contributed by atoms with van der Waals surface area (Å²) in [6.07, 6.45) is 6.42. The molecule has 0 aliphatic carbocycles. The average molecular weight is 351 g/mol. The van der Waals surface area contributed by atoms with Gasteiger partial charge in [0.25, 0.3) is 0 Å². The average Bonchev–Trinajstić information content (AvgIpc) is 2.71. The third-order valence-corrected chi connectivity index (χ3v) is 5.88. The summed E-state index contributed by atoms with van der Waals surface area (Å²) < 4.78 is 0. The van der Waals surface area contributed by atoms with Crippen LogP contribution in [0.2, 0.25) is 0 Å². The molecule has 2 fully saturated rings. The van der Waals surface area contributed by atoms with E-state index >= 15 is 0 Å². The fourth-order valence-corrected chi connectivity index (χ4v) is 4.32. The van der Waals surface area contributed by atoms with Gasteiger partial charge in [0.2, 0.25) is 0 Å². The zero-order chi connectivity index (χ0) is 17.6. The zero-order valence-electron chi connectivity index (χ0n) is 15.6. The fourth-order valence-electron chi connectivity index (χ4n) is 4.32. The molecule has 26 heavy (non-hydrogen) atoms. The van der Waals surface area contributed by atoms with Gasteiger partial charge in [0.05, 0.1) is 0 Å². The van der Waals surface area contributed by atoms with Crippen molar-refractivity contribution < 1.29 is 0 Å². The largest absolute Gasteiger partial charge is 0.299 e. The van der Waals surface area contributed by atoms with Crippen molar-refractivity contribution in [3.8, 4) is 0 Å². The van der Waals surface area contributed by atoms with Crippen molar-refractivity contribution in [1.29, 1.82) is 0 Å². The minimum atomic E-state index is 0.780. The van der Waals surface area contributed by atoms with Gasteiger partial charge in [-0.2, -0.15) is 0 Å². The summed E-state index contributed by atoms with van der Waals surface area (Å²) in [6, 6.07) is 15.9. The molecule has 0 unspecified atom stereocenters. The van der Waals surface area contributed by atoms with Crippen molar-refractivity contribution >= 4 is 0 Å². The number of likely N-dealkylation sites (tertiary alicyclic amines) is 1. The second-order valence-corrected chi connectivity index (χ2v) is 7.66. The summed E-state index contributed by atoms with van der Waals surface area (Å²) in [6.45, 7) is 9.45. The molecule has 4 nitrogen and oxygen atoms in total. The van der Waals surface area contributed by atoms with Crippen molar-refractivity contribution in [2.24, 2.45) is 0 Å². The van der Waals surface area contributed by atoms with Gasteiger partial charge in [-0.1, -0.05) is 30.3 Å². The summed E-state index contributed by atoms with van der Waals surface area (Å²) in [5.74, 6) is 0. The molecule has 1 aromatic carbocycles. The summed E-state index contributed by atoms with van der Waals surface area (Å²) in [4.78, 5) is 12.1. The van der Waals surface area contributed by atoms with E-state index < -0.39 is 0 Å². The van der Waals surface area contributed by atoms with E-state index in [0.717, 1.165) is 19.1 Å². The Kier molecular flexibility index (Phi) is 5.95. The van der Waals surface area contributed by atoms with Gasteiger partial charge >= 0.3 is 0 Å². The second kappa shape index (κ2) is 8.76. The first kappa shape index (κ1) is 17.7. The van der Waals surface area contributed by atoms with E-state index in [9.17, 15) is 0 Å². The van der Waals surface area contributed by atoms with Gasteiger partial charge in [0.15, 0.2) is 0 Å². The van der Waals surface area contributed by atoms with E-state index in [-0.39, 0.29) is 0 Å². The molecule has 2 aliphatic rings. The minimum absolute atomic E-state index is 0.780. The van der Waals surface area contributed by atoms with Crippen LogP contribution < -0.4 is 0 Å². The number of hydrogen-bond donors (Lipinski definition) is 0. The molecule has 3 heterocycles. The highest BCUT2D eigenvalue weighted by Crippen LogP contribution is 2.20. The van der Waals surface area contributed by atoms with Crippen molar-refractivity contribution in [2.45, 2.75) is 32.0 Å². The number of pyridine rings is 1. The van der Waals surface area contributed by atoms with E-state index in [2.05, 4.69) is 62.1 Å². The van der Waals surface area contributed by atoms with Crippen LogP contribution in [0, 0.1) is 0 Å². The smallest absolute Gasteiger partial charge is 0.0271 e. The van der Waals surface area contributed by atoms with E-state index in [4.69, 9.17) is 0 Å². The molecule has 4 rings (SSSR count). The van der Waals surface area contributed by atoms with Gasteiger partial charge in [-0.3, -0.25) is 19.7 Å². The van der Waals surface area contributed by atoms with Gasteiger partial charge in [-0.05, 0) is 49.2 Å². The second-order valence-electron chi connectivity index (χ2n) is 7.66. The topological polar surface area (TPSA) is 22.6 Å². The van der Waals surface area contributed by atoms with Crippen LogP contribution in [0.3, 0.4) is 0 Å². The number of benzene rings is 1. The van der Waals surface area contributed by atoms with E-state index in [1.807, 2.05) is 12.4 Å². The Labute approximate surface area is 157 Å². The molecule has 0 radical (unpaired) electrons. The lowest BCUT2D eigenvalue weighted by Crippen LogP contribution is -2.52. The standard InChI is InChI=1S/C22H30N4/c1-2-4-20(5-3-1)18-25-14-16-26(17-15-25)22-8-12-24(13-9-22)19-21-6-10-23-11-7-21/h1-7,10-11,22H,8-9,12-19H2. The summed E-state index contributed by atoms with van der Waals surface area (Å²) >= 11 is 0. The van der Waals surface area contributed by atoms with E-state index in [1.165, 1.54) is 63.2 Å². The maximum Gasteiger partial charge on any atom is 0.0271 e. The van der Waals surface area contributed by atoms with E-state index in [1.54, 1.807) is 0 Å². The van der Waals surface area contributed by atoms with Gasteiger partial charge in [0, 0.05) is 57.7 Å². The Hall–Kier alpha value is -1.75. The molecular weight excluding hydrogens is 320 g/mol. The molecule has 2 saturated heterocycles. The van der Waals surface area contributed by atoms with Gasteiger partial charge in [0.1, 0.15) is 0 Å². The van der Waals surface area contributed by atoms with Crippen molar-refractivity contribution in [3.05, 3.63) is 66.0 Å². The lowest BCUT2D eigenvalue weighted by molar-refractivity contribution is 0.0550. The van der Waals surface area contributed by atoms with Crippen LogP contribution in [0.25, 0.3) is 0 Å². The molecule has 0 bridgehead atoms. The fraction of sp³-hybridized carbons (Fsp3) is 0.500. The predicted octanol–water partition coefficient (Wildman–Crippen LogP) is 2.86. The number of nitrogens with zero attached hydrogens (tertiary/aromatic N) is 4. The zero-order valence-corrected chi connectivity index (χ0v) is 15.6. The molecular formula is C22H30N4. The van der Waals surface area contributed by atoms with Gasteiger partial charge in [-0.15, -0.1) is 0 Å². The molecule has 138 valence electrons. The molecule has 1 aromatic heterocycles. The molecule has 0 atom stereocenters. The Balaban J connectivity index is 1.20. The minimum Gasteiger partial charge on any atom is -0.299 e. The van der Waals surface area contributed by atoms with Crippen LogP contribution in [0.5, 0.6) is 0 Å². The Morgan fingerprint density at radius 2 is 1.27 bits per heavy atom. The van der Waals surface area contributed by atoms with Crippen molar-refractivity contribution in [2.75, 3.05) is 39.3 Å². The highest BCUT2D eigenvalue weighted by molar-refractivity contribution is 5.14. The molecule has 0 saturated carbocycles.